The van der Waals surface area contributed by atoms with Crippen LogP contribution in [-0.2, 0) is 4.74 Å². The Balaban J connectivity index is 2.75. The van der Waals surface area contributed by atoms with E-state index in [9.17, 15) is 0 Å². The highest BCUT2D eigenvalue weighted by molar-refractivity contribution is 6.32. The van der Waals surface area contributed by atoms with Crippen LogP contribution >= 0.6 is 11.6 Å². The van der Waals surface area contributed by atoms with E-state index in [1.165, 1.54) is 0 Å². The molecule has 0 aliphatic heterocycles. The van der Waals surface area contributed by atoms with Gasteiger partial charge in [-0.25, -0.2) is 0 Å². The van der Waals surface area contributed by atoms with Gasteiger partial charge in [0.05, 0.1) is 17.3 Å². The number of halogens is 1. The largest absolute Gasteiger partial charge is 0.485 e. The Morgan fingerprint density at radius 2 is 2.21 bits per heavy atom. The number of anilines is 1. The van der Waals surface area contributed by atoms with Crippen molar-refractivity contribution >= 4 is 17.3 Å². The molecule has 4 heteroatoms. The van der Waals surface area contributed by atoms with Crippen molar-refractivity contribution in [1.29, 1.82) is 0 Å². The quantitative estimate of drug-likeness (QED) is 0.785. The second kappa shape index (κ2) is 5.08. The van der Waals surface area contributed by atoms with Gasteiger partial charge in [0.2, 0.25) is 0 Å². The first-order chi connectivity index (χ1) is 6.65. The molecule has 14 heavy (non-hydrogen) atoms. The molecule has 0 amide bonds. The molecule has 0 heterocycles. The van der Waals surface area contributed by atoms with Crippen molar-refractivity contribution in [2.75, 3.05) is 19.5 Å². The monoisotopic (exact) mass is 215 g/mol. The number of nitrogens with two attached hydrogens (primary N) is 1. The maximum Gasteiger partial charge on any atom is 0.161 e. The summed E-state index contributed by atoms with van der Waals surface area (Å²) in [7, 11) is 1.62. The minimum Gasteiger partial charge on any atom is -0.485 e. The molecule has 1 rings (SSSR count). The van der Waals surface area contributed by atoms with E-state index in [1.54, 1.807) is 25.3 Å². The zero-order valence-corrected chi connectivity index (χ0v) is 9.04. The summed E-state index contributed by atoms with van der Waals surface area (Å²) >= 11 is 5.93. The maximum absolute atomic E-state index is 5.93. The standard InChI is InChI=1S/C10H14ClNO2/c1-7(6-13-2)14-10-8(11)4-3-5-9(10)12/h3-5,7H,6,12H2,1-2H3. The smallest absolute Gasteiger partial charge is 0.161 e. The Morgan fingerprint density at radius 3 is 2.79 bits per heavy atom. The van der Waals surface area contributed by atoms with Gasteiger partial charge in [0.1, 0.15) is 6.10 Å². The molecule has 0 fully saturated rings. The van der Waals surface area contributed by atoms with E-state index in [0.717, 1.165) is 0 Å². The van der Waals surface area contributed by atoms with Crippen molar-refractivity contribution in [2.24, 2.45) is 0 Å². The first kappa shape index (κ1) is 11.1. The van der Waals surface area contributed by atoms with Crippen LogP contribution in [0, 0.1) is 0 Å². The summed E-state index contributed by atoms with van der Waals surface area (Å²) in [5.74, 6) is 0.527. The summed E-state index contributed by atoms with van der Waals surface area (Å²) in [6.45, 7) is 2.40. The van der Waals surface area contributed by atoms with Gasteiger partial charge < -0.3 is 15.2 Å². The predicted octanol–water partition coefficient (Wildman–Crippen LogP) is 2.34. The lowest BCUT2D eigenvalue weighted by Gasteiger charge is -2.16. The van der Waals surface area contributed by atoms with Crippen LogP contribution < -0.4 is 10.5 Å². The van der Waals surface area contributed by atoms with E-state index in [0.29, 0.717) is 23.1 Å². The Morgan fingerprint density at radius 1 is 1.50 bits per heavy atom. The van der Waals surface area contributed by atoms with E-state index in [2.05, 4.69) is 0 Å². The number of hydrogen-bond acceptors (Lipinski definition) is 3. The predicted molar refractivity (Wildman–Crippen MR) is 57.8 cm³/mol. The third kappa shape index (κ3) is 2.79. The Bertz CT molecular complexity index is 284. The molecule has 78 valence electrons. The fourth-order valence-corrected chi connectivity index (χ4v) is 1.35. The van der Waals surface area contributed by atoms with Crippen LogP contribution in [-0.4, -0.2) is 19.8 Å². The molecule has 0 bridgehead atoms. The number of hydrogen-bond donors (Lipinski definition) is 1. The average molecular weight is 216 g/mol. The van der Waals surface area contributed by atoms with Crippen molar-refractivity contribution in [3.05, 3.63) is 23.2 Å². The molecule has 1 aromatic rings. The Labute approximate surface area is 88.8 Å². The highest BCUT2D eigenvalue weighted by Crippen LogP contribution is 2.31. The third-order valence-corrected chi connectivity index (χ3v) is 2.02. The van der Waals surface area contributed by atoms with Crippen molar-refractivity contribution in [2.45, 2.75) is 13.0 Å². The van der Waals surface area contributed by atoms with Crippen LogP contribution in [0.2, 0.25) is 5.02 Å². The maximum atomic E-state index is 5.93. The lowest BCUT2D eigenvalue weighted by atomic mass is 10.3. The van der Waals surface area contributed by atoms with Crippen molar-refractivity contribution in [3.8, 4) is 5.75 Å². The van der Waals surface area contributed by atoms with Gasteiger partial charge in [-0.15, -0.1) is 0 Å². The number of nitrogen functional groups attached to an aromatic ring is 1. The van der Waals surface area contributed by atoms with E-state index in [4.69, 9.17) is 26.8 Å². The molecule has 0 saturated heterocycles. The van der Waals surface area contributed by atoms with Gasteiger partial charge in [-0.05, 0) is 19.1 Å². The minimum absolute atomic E-state index is 0.0674. The molecule has 1 aromatic carbocycles. The molecule has 0 spiro atoms. The normalized spacial score (nSPS) is 12.5. The summed E-state index contributed by atoms with van der Waals surface area (Å²) < 4.78 is 10.5. The second-order valence-corrected chi connectivity index (χ2v) is 3.45. The van der Waals surface area contributed by atoms with Crippen molar-refractivity contribution in [3.63, 3.8) is 0 Å². The van der Waals surface area contributed by atoms with Crippen LogP contribution in [0.4, 0.5) is 5.69 Å². The van der Waals surface area contributed by atoms with Gasteiger partial charge in [-0.1, -0.05) is 17.7 Å². The molecule has 1 unspecified atom stereocenters. The summed E-state index contributed by atoms with van der Waals surface area (Å²) in [4.78, 5) is 0. The van der Waals surface area contributed by atoms with Crippen LogP contribution in [0.25, 0.3) is 0 Å². The summed E-state index contributed by atoms with van der Waals surface area (Å²) in [6, 6.07) is 5.28. The lowest BCUT2D eigenvalue weighted by Crippen LogP contribution is -2.18. The van der Waals surface area contributed by atoms with E-state index in [-0.39, 0.29) is 6.10 Å². The molecule has 0 aliphatic rings. The SMILES string of the molecule is COCC(C)Oc1c(N)cccc1Cl. The zero-order chi connectivity index (χ0) is 10.6. The second-order valence-electron chi connectivity index (χ2n) is 3.04. The van der Waals surface area contributed by atoms with Crippen molar-refractivity contribution < 1.29 is 9.47 Å². The minimum atomic E-state index is -0.0674. The highest BCUT2D eigenvalue weighted by atomic mass is 35.5. The molecule has 0 radical (unpaired) electrons. The van der Waals surface area contributed by atoms with Gasteiger partial charge in [0.25, 0.3) is 0 Å². The topological polar surface area (TPSA) is 44.5 Å². The number of benzene rings is 1. The molecule has 0 aliphatic carbocycles. The summed E-state index contributed by atoms with van der Waals surface area (Å²) in [5, 5.41) is 0.521. The number of ether oxygens (including phenoxy) is 2. The zero-order valence-electron chi connectivity index (χ0n) is 8.29. The van der Waals surface area contributed by atoms with Gasteiger partial charge in [0, 0.05) is 7.11 Å². The van der Waals surface area contributed by atoms with Crippen LogP contribution in [0.5, 0.6) is 5.75 Å². The fourth-order valence-electron chi connectivity index (χ4n) is 1.12. The van der Waals surface area contributed by atoms with Crippen LogP contribution in [0.3, 0.4) is 0 Å². The van der Waals surface area contributed by atoms with Gasteiger partial charge in [0.15, 0.2) is 5.75 Å². The number of methoxy groups -OCH3 is 1. The number of rotatable bonds is 4. The first-order valence-electron chi connectivity index (χ1n) is 4.34. The third-order valence-electron chi connectivity index (χ3n) is 1.72. The van der Waals surface area contributed by atoms with Gasteiger partial charge in [-0.3, -0.25) is 0 Å². The van der Waals surface area contributed by atoms with Gasteiger partial charge >= 0.3 is 0 Å². The molecular weight excluding hydrogens is 202 g/mol. The van der Waals surface area contributed by atoms with E-state index < -0.39 is 0 Å². The highest BCUT2D eigenvalue weighted by Gasteiger charge is 2.09. The molecular formula is C10H14ClNO2. The number of para-hydroxylation sites is 1. The summed E-state index contributed by atoms with van der Waals surface area (Å²) in [6.07, 6.45) is -0.0674. The molecule has 2 N–H and O–H groups in total. The fraction of sp³-hybridized carbons (Fsp3) is 0.400. The van der Waals surface area contributed by atoms with Gasteiger partial charge in [-0.2, -0.15) is 0 Å². The average Bonchev–Trinajstić information content (AvgIpc) is 2.12. The Hall–Kier alpha value is -0.930. The van der Waals surface area contributed by atoms with Crippen LogP contribution in [0.15, 0.2) is 18.2 Å². The molecule has 0 saturated carbocycles. The molecule has 3 nitrogen and oxygen atoms in total. The first-order valence-corrected chi connectivity index (χ1v) is 4.72. The lowest BCUT2D eigenvalue weighted by molar-refractivity contribution is 0.0926. The van der Waals surface area contributed by atoms with E-state index in [1.807, 2.05) is 6.92 Å². The van der Waals surface area contributed by atoms with Crippen molar-refractivity contribution in [1.82, 2.24) is 0 Å². The Kier molecular flexibility index (Phi) is 4.04. The van der Waals surface area contributed by atoms with Crippen LogP contribution in [0.1, 0.15) is 6.92 Å². The van der Waals surface area contributed by atoms with E-state index >= 15 is 0 Å². The molecule has 1 atom stereocenters. The summed E-state index contributed by atoms with van der Waals surface area (Å²) in [5.41, 5.74) is 6.26. The molecule has 0 aromatic heterocycles.